The molecule has 0 bridgehead atoms. The molecule has 1 atom stereocenters. The van der Waals surface area contributed by atoms with Crippen molar-refractivity contribution in [2.24, 2.45) is 5.92 Å². The Balaban J connectivity index is 2.38. The highest BCUT2D eigenvalue weighted by atomic mass is 16.2. The first-order chi connectivity index (χ1) is 7.15. The van der Waals surface area contributed by atoms with E-state index in [0.29, 0.717) is 5.91 Å². The predicted molar refractivity (Wildman–Crippen MR) is 62.8 cm³/mol. The molecule has 3 heteroatoms. The monoisotopic (exact) mass is 212 g/mol. The van der Waals surface area contributed by atoms with Gasteiger partial charge in [0.1, 0.15) is 0 Å². The van der Waals surface area contributed by atoms with Crippen molar-refractivity contribution in [2.45, 2.75) is 32.6 Å². The quantitative estimate of drug-likeness (QED) is 0.706. The maximum Gasteiger partial charge on any atom is 0.226 e. The standard InChI is InChI=1S/C12H24N2O/c1-4-5-8-14-9-6-7-11(10-14)12(15)13(2)3/h11H,4-10H2,1-3H3. The van der Waals surface area contributed by atoms with Gasteiger partial charge >= 0.3 is 0 Å². The Morgan fingerprint density at radius 3 is 2.80 bits per heavy atom. The molecule has 1 saturated heterocycles. The van der Waals surface area contributed by atoms with Crippen molar-refractivity contribution < 1.29 is 4.79 Å². The Bertz CT molecular complexity index is 204. The Morgan fingerprint density at radius 2 is 2.20 bits per heavy atom. The first-order valence-corrected chi connectivity index (χ1v) is 6.08. The summed E-state index contributed by atoms with van der Waals surface area (Å²) in [6.07, 6.45) is 4.74. The number of rotatable bonds is 4. The predicted octanol–water partition coefficient (Wildman–Crippen LogP) is 1.59. The van der Waals surface area contributed by atoms with E-state index in [-0.39, 0.29) is 5.92 Å². The van der Waals surface area contributed by atoms with Gasteiger partial charge in [-0.3, -0.25) is 4.79 Å². The summed E-state index contributed by atoms with van der Waals surface area (Å²) in [6, 6.07) is 0. The number of hydrogen-bond donors (Lipinski definition) is 0. The number of carbonyl (C=O) groups excluding carboxylic acids is 1. The van der Waals surface area contributed by atoms with Crippen molar-refractivity contribution in [1.82, 2.24) is 9.80 Å². The Hall–Kier alpha value is -0.570. The fourth-order valence-electron chi connectivity index (χ4n) is 2.21. The summed E-state index contributed by atoms with van der Waals surface area (Å²) < 4.78 is 0. The third-order valence-electron chi connectivity index (χ3n) is 3.12. The Labute approximate surface area is 93.4 Å². The van der Waals surface area contributed by atoms with Crippen LogP contribution in [0.25, 0.3) is 0 Å². The SMILES string of the molecule is CCCCN1CCCC(C(=O)N(C)C)C1. The second-order valence-corrected chi connectivity index (χ2v) is 4.73. The summed E-state index contributed by atoms with van der Waals surface area (Å²) in [4.78, 5) is 16.0. The molecule has 1 heterocycles. The molecule has 1 rings (SSSR count). The zero-order valence-electron chi connectivity index (χ0n) is 10.3. The van der Waals surface area contributed by atoms with Crippen molar-refractivity contribution in [3.05, 3.63) is 0 Å². The Morgan fingerprint density at radius 1 is 1.47 bits per heavy atom. The van der Waals surface area contributed by atoms with Crippen LogP contribution in [0.15, 0.2) is 0 Å². The molecule has 1 aliphatic rings. The third-order valence-corrected chi connectivity index (χ3v) is 3.12. The summed E-state index contributed by atoms with van der Waals surface area (Å²) in [5.74, 6) is 0.543. The first-order valence-electron chi connectivity index (χ1n) is 6.08. The second kappa shape index (κ2) is 6.11. The number of piperidine rings is 1. The van der Waals surface area contributed by atoms with E-state index < -0.39 is 0 Å². The zero-order valence-corrected chi connectivity index (χ0v) is 10.3. The van der Waals surface area contributed by atoms with Gasteiger partial charge < -0.3 is 9.80 Å². The molecular formula is C12H24N2O. The van der Waals surface area contributed by atoms with Crippen molar-refractivity contribution in [1.29, 1.82) is 0 Å². The lowest BCUT2D eigenvalue weighted by molar-refractivity contribution is -0.134. The van der Waals surface area contributed by atoms with E-state index in [2.05, 4.69) is 11.8 Å². The van der Waals surface area contributed by atoms with E-state index in [1.165, 1.54) is 25.8 Å². The van der Waals surface area contributed by atoms with Gasteiger partial charge in [0.05, 0.1) is 5.92 Å². The fraction of sp³-hybridized carbons (Fsp3) is 0.917. The molecule has 1 unspecified atom stereocenters. The minimum absolute atomic E-state index is 0.241. The van der Waals surface area contributed by atoms with Gasteiger partial charge in [-0.05, 0) is 32.4 Å². The highest BCUT2D eigenvalue weighted by Crippen LogP contribution is 2.18. The van der Waals surface area contributed by atoms with E-state index >= 15 is 0 Å². The minimum atomic E-state index is 0.241. The molecule has 0 aliphatic carbocycles. The van der Waals surface area contributed by atoms with Crippen molar-refractivity contribution >= 4 is 5.91 Å². The molecule has 1 aliphatic heterocycles. The van der Waals surface area contributed by atoms with E-state index in [1.807, 2.05) is 14.1 Å². The number of carbonyl (C=O) groups is 1. The highest BCUT2D eigenvalue weighted by Gasteiger charge is 2.26. The van der Waals surface area contributed by atoms with Gasteiger partial charge in [0, 0.05) is 20.6 Å². The third kappa shape index (κ3) is 3.82. The van der Waals surface area contributed by atoms with Crippen LogP contribution in [0.3, 0.4) is 0 Å². The lowest BCUT2D eigenvalue weighted by atomic mass is 9.96. The average Bonchev–Trinajstić information content (AvgIpc) is 2.25. The molecule has 0 spiro atoms. The topological polar surface area (TPSA) is 23.6 Å². The van der Waals surface area contributed by atoms with Crippen LogP contribution in [0, 0.1) is 5.92 Å². The van der Waals surface area contributed by atoms with Gasteiger partial charge in [-0.2, -0.15) is 0 Å². The molecule has 1 amide bonds. The maximum atomic E-state index is 11.8. The van der Waals surface area contributed by atoms with Crippen LogP contribution in [0.4, 0.5) is 0 Å². The summed E-state index contributed by atoms with van der Waals surface area (Å²) in [7, 11) is 3.71. The van der Waals surface area contributed by atoms with Gasteiger partial charge in [-0.25, -0.2) is 0 Å². The lowest BCUT2D eigenvalue weighted by Crippen LogP contribution is -2.42. The highest BCUT2D eigenvalue weighted by molar-refractivity contribution is 5.78. The maximum absolute atomic E-state index is 11.8. The molecule has 3 nitrogen and oxygen atoms in total. The van der Waals surface area contributed by atoms with E-state index in [9.17, 15) is 4.79 Å². The van der Waals surface area contributed by atoms with Crippen LogP contribution in [0.5, 0.6) is 0 Å². The number of unbranched alkanes of at least 4 members (excludes halogenated alkanes) is 1. The Kier molecular flexibility index (Phi) is 5.09. The first kappa shape index (κ1) is 12.5. The molecule has 15 heavy (non-hydrogen) atoms. The normalized spacial score (nSPS) is 22.7. The summed E-state index contributed by atoms with van der Waals surface area (Å²) in [6.45, 7) is 5.52. The number of likely N-dealkylation sites (tertiary alicyclic amines) is 1. The van der Waals surface area contributed by atoms with E-state index in [1.54, 1.807) is 4.90 Å². The van der Waals surface area contributed by atoms with Crippen molar-refractivity contribution in [3.8, 4) is 0 Å². The minimum Gasteiger partial charge on any atom is -0.349 e. The van der Waals surface area contributed by atoms with Crippen molar-refractivity contribution in [3.63, 3.8) is 0 Å². The lowest BCUT2D eigenvalue weighted by Gasteiger charge is -2.33. The van der Waals surface area contributed by atoms with Crippen LogP contribution in [-0.4, -0.2) is 49.4 Å². The average molecular weight is 212 g/mol. The van der Waals surface area contributed by atoms with Crippen LogP contribution >= 0.6 is 0 Å². The van der Waals surface area contributed by atoms with Crippen LogP contribution < -0.4 is 0 Å². The fourth-order valence-corrected chi connectivity index (χ4v) is 2.21. The molecule has 1 fully saturated rings. The number of hydrogen-bond acceptors (Lipinski definition) is 2. The zero-order chi connectivity index (χ0) is 11.3. The van der Waals surface area contributed by atoms with E-state index in [4.69, 9.17) is 0 Å². The molecular weight excluding hydrogens is 188 g/mol. The molecule has 0 aromatic rings. The second-order valence-electron chi connectivity index (χ2n) is 4.73. The molecule has 0 aromatic heterocycles. The molecule has 0 saturated carbocycles. The molecule has 0 aromatic carbocycles. The van der Waals surface area contributed by atoms with Crippen LogP contribution in [0.1, 0.15) is 32.6 Å². The summed E-state index contributed by atoms with van der Waals surface area (Å²) in [5.41, 5.74) is 0. The number of amides is 1. The molecule has 88 valence electrons. The molecule has 0 radical (unpaired) electrons. The van der Waals surface area contributed by atoms with Gasteiger partial charge in [-0.15, -0.1) is 0 Å². The number of nitrogens with zero attached hydrogens (tertiary/aromatic N) is 2. The van der Waals surface area contributed by atoms with Crippen LogP contribution in [-0.2, 0) is 4.79 Å². The van der Waals surface area contributed by atoms with Gasteiger partial charge in [0.2, 0.25) is 5.91 Å². The summed E-state index contributed by atoms with van der Waals surface area (Å²) >= 11 is 0. The van der Waals surface area contributed by atoms with Gasteiger partial charge in [0.15, 0.2) is 0 Å². The van der Waals surface area contributed by atoms with Gasteiger partial charge in [0.25, 0.3) is 0 Å². The largest absolute Gasteiger partial charge is 0.349 e. The summed E-state index contributed by atoms with van der Waals surface area (Å²) in [5, 5.41) is 0. The smallest absolute Gasteiger partial charge is 0.226 e. The van der Waals surface area contributed by atoms with Crippen molar-refractivity contribution in [2.75, 3.05) is 33.7 Å². The van der Waals surface area contributed by atoms with E-state index in [0.717, 1.165) is 19.5 Å². The molecule has 0 N–H and O–H groups in total. The van der Waals surface area contributed by atoms with Crippen LogP contribution in [0.2, 0.25) is 0 Å². The van der Waals surface area contributed by atoms with Gasteiger partial charge in [-0.1, -0.05) is 13.3 Å².